The fraction of sp³-hybridized carbons (Fsp3) is 0.571. The third kappa shape index (κ3) is 1.80. The van der Waals surface area contributed by atoms with Gasteiger partial charge in [0.05, 0.1) is 0 Å². The summed E-state index contributed by atoms with van der Waals surface area (Å²) < 4.78 is 13.4. The molecule has 0 N–H and O–H groups in total. The van der Waals surface area contributed by atoms with Gasteiger partial charge in [0.2, 0.25) is 0 Å². The Labute approximate surface area is 119 Å². The fourth-order valence-electron chi connectivity index (χ4n) is 2.93. The van der Waals surface area contributed by atoms with E-state index in [4.69, 9.17) is 11.6 Å². The van der Waals surface area contributed by atoms with E-state index in [0.29, 0.717) is 5.92 Å². The average molecular weight is 303 g/mol. The summed E-state index contributed by atoms with van der Waals surface area (Å²) in [5.41, 5.74) is 0. The zero-order valence-corrected chi connectivity index (χ0v) is 14.0. The Morgan fingerprint density at radius 1 is 1.11 bits per heavy atom. The second-order valence-electron chi connectivity index (χ2n) is 6.13. The Hall–Kier alpha value is 0.0900. The van der Waals surface area contributed by atoms with Crippen molar-refractivity contribution < 1.29 is 4.57 Å². The molecule has 1 saturated heterocycles. The molecule has 18 heavy (non-hydrogen) atoms. The van der Waals surface area contributed by atoms with Crippen molar-refractivity contribution in [2.24, 2.45) is 5.92 Å². The van der Waals surface area contributed by atoms with Crippen molar-refractivity contribution in [2.75, 3.05) is 0 Å². The summed E-state index contributed by atoms with van der Waals surface area (Å²) >= 11 is 7.44. The van der Waals surface area contributed by atoms with E-state index in [9.17, 15) is 4.57 Å². The first kappa shape index (κ1) is 14.5. The lowest BCUT2D eigenvalue weighted by molar-refractivity contribution is 0.280. The number of rotatable bonds is 2. The van der Waals surface area contributed by atoms with E-state index in [0.717, 1.165) is 9.92 Å². The van der Waals surface area contributed by atoms with Crippen LogP contribution in [0.5, 0.6) is 0 Å². The average Bonchev–Trinajstić information content (AvgIpc) is 2.30. The minimum absolute atomic E-state index is 0.0964. The lowest BCUT2D eigenvalue weighted by atomic mass is 9.83. The molecule has 1 aromatic rings. The predicted molar refractivity (Wildman–Crippen MR) is 82.2 cm³/mol. The molecule has 1 aliphatic heterocycles. The van der Waals surface area contributed by atoms with Gasteiger partial charge in [-0.3, -0.25) is 0 Å². The van der Waals surface area contributed by atoms with Gasteiger partial charge >= 0.3 is 0 Å². The first-order chi connectivity index (χ1) is 8.13. The van der Waals surface area contributed by atoms with Crippen LogP contribution in [0.3, 0.4) is 0 Å². The topological polar surface area (TPSA) is 17.1 Å². The van der Waals surface area contributed by atoms with Crippen LogP contribution in [0.1, 0.15) is 34.6 Å². The zero-order chi connectivity index (χ0) is 13.8. The van der Waals surface area contributed by atoms with Gasteiger partial charge < -0.3 is 4.57 Å². The number of hydrogen-bond donors (Lipinski definition) is 0. The molecule has 1 heterocycles. The van der Waals surface area contributed by atoms with E-state index in [1.807, 2.05) is 24.3 Å². The highest BCUT2D eigenvalue weighted by molar-refractivity contribution is 8.59. The molecular formula is C14H20ClOPS. The molecule has 0 aromatic heterocycles. The lowest BCUT2D eigenvalue weighted by Crippen LogP contribution is -2.56. The van der Waals surface area contributed by atoms with Crippen LogP contribution in [0, 0.1) is 5.92 Å². The van der Waals surface area contributed by atoms with Gasteiger partial charge in [-0.1, -0.05) is 57.6 Å². The summed E-state index contributed by atoms with van der Waals surface area (Å²) in [5, 5.41) is 0.528. The summed E-state index contributed by atoms with van der Waals surface area (Å²) in [7, 11) is 0. The normalized spacial score (nSPS) is 32.9. The highest BCUT2D eigenvalue weighted by Crippen LogP contribution is 2.89. The Morgan fingerprint density at radius 2 is 1.56 bits per heavy atom. The highest BCUT2D eigenvalue weighted by Gasteiger charge is 2.68. The molecule has 0 bridgehead atoms. The number of benzene rings is 1. The molecule has 1 aliphatic rings. The molecule has 1 nitrogen and oxygen atoms in total. The summed E-state index contributed by atoms with van der Waals surface area (Å²) in [6.07, 6.45) is -2.32. The van der Waals surface area contributed by atoms with Gasteiger partial charge in [0.25, 0.3) is 0 Å². The summed E-state index contributed by atoms with van der Waals surface area (Å²) in [6, 6.07) is 7.64. The molecule has 0 atom stereocenters. The van der Waals surface area contributed by atoms with Crippen LogP contribution in [-0.2, 0) is 4.57 Å². The maximum atomic E-state index is 13.4. The van der Waals surface area contributed by atoms with Gasteiger partial charge in [-0.15, -0.1) is 0 Å². The van der Waals surface area contributed by atoms with Crippen LogP contribution in [-0.4, -0.2) is 10.3 Å². The van der Waals surface area contributed by atoms with Crippen LogP contribution >= 0.6 is 29.3 Å². The summed E-state index contributed by atoms with van der Waals surface area (Å²) in [5.74, 6) is 0.468. The van der Waals surface area contributed by atoms with Gasteiger partial charge in [0.15, 0.2) is 6.34 Å². The smallest absolute Gasteiger partial charge is 0.154 e. The van der Waals surface area contributed by atoms with E-state index in [1.54, 1.807) is 11.4 Å². The molecule has 0 aliphatic carbocycles. The van der Waals surface area contributed by atoms with E-state index >= 15 is 0 Å². The molecule has 1 fully saturated rings. The zero-order valence-electron chi connectivity index (χ0n) is 11.5. The molecule has 0 spiro atoms. The molecule has 4 heteroatoms. The van der Waals surface area contributed by atoms with Crippen molar-refractivity contribution in [1.82, 2.24) is 0 Å². The Morgan fingerprint density at radius 3 is 2.00 bits per heavy atom. The van der Waals surface area contributed by atoms with Crippen molar-refractivity contribution in [3.63, 3.8) is 0 Å². The largest absolute Gasteiger partial charge is 0.311 e. The summed E-state index contributed by atoms with van der Waals surface area (Å²) in [4.78, 5) is 1.05. The molecular weight excluding hydrogens is 283 g/mol. The fourth-order valence-corrected chi connectivity index (χ4v) is 10.6. The van der Waals surface area contributed by atoms with Gasteiger partial charge in [-0.25, -0.2) is 0 Å². The summed E-state index contributed by atoms with van der Waals surface area (Å²) in [6.45, 7) is 10.7. The highest BCUT2D eigenvalue weighted by atomic mass is 35.5. The minimum Gasteiger partial charge on any atom is -0.311 e. The van der Waals surface area contributed by atoms with Crippen LogP contribution in [0.15, 0.2) is 29.2 Å². The lowest BCUT2D eigenvalue weighted by Gasteiger charge is -2.62. The molecule has 2 rings (SSSR count). The molecule has 100 valence electrons. The second kappa shape index (κ2) is 4.30. The molecule has 0 unspecified atom stereocenters. The Kier molecular flexibility index (Phi) is 3.46. The number of hydrogen-bond acceptors (Lipinski definition) is 2. The molecule has 0 radical (unpaired) electrons. The number of halogens is 1. The van der Waals surface area contributed by atoms with Crippen LogP contribution in [0.4, 0.5) is 0 Å². The quantitative estimate of drug-likeness (QED) is 0.631. The standard InChI is InChI=1S/C14H20ClOPS/c1-10-13(2,3)17(16,14(10,4)5)18-12-8-6-11(15)7-9-12/h6-10H,1-5H3. The van der Waals surface area contributed by atoms with Gasteiger partial charge in [-0.05, 0) is 30.2 Å². The Balaban J connectivity index is 2.33. The van der Waals surface area contributed by atoms with Crippen molar-refractivity contribution in [1.29, 1.82) is 0 Å². The second-order valence-corrected chi connectivity index (χ2v) is 12.7. The van der Waals surface area contributed by atoms with Crippen LogP contribution in [0.2, 0.25) is 5.02 Å². The van der Waals surface area contributed by atoms with Crippen molar-refractivity contribution in [3.8, 4) is 0 Å². The van der Waals surface area contributed by atoms with Crippen LogP contribution in [0.25, 0.3) is 0 Å². The van der Waals surface area contributed by atoms with Gasteiger partial charge in [0.1, 0.15) is 0 Å². The van der Waals surface area contributed by atoms with Crippen molar-refractivity contribution in [2.45, 2.75) is 49.8 Å². The molecule has 0 amide bonds. The van der Waals surface area contributed by atoms with E-state index in [-0.39, 0.29) is 10.3 Å². The molecule has 0 saturated carbocycles. The van der Waals surface area contributed by atoms with Crippen molar-refractivity contribution in [3.05, 3.63) is 29.3 Å². The van der Waals surface area contributed by atoms with E-state index < -0.39 is 6.34 Å². The van der Waals surface area contributed by atoms with E-state index in [2.05, 4.69) is 34.6 Å². The maximum absolute atomic E-state index is 13.4. The molecule has 1 aromatic carbocycles. The minimum atomic E-state index is -2.32. The van der Waals surface area contributed by atoms with E-state index in [1.165, 1.54) is 0 Å². The maximum Gasteiger partial charge on any atom is 0.154 e. The first-order valence-electron chi connectivity index (χ1n) is 6.18. The van der Waals surface area contributed by atoms with Crippen LogP contribution < -0.4 is 0 Å². The predicted octanol–water partition coefficient (Wildman–Crippen LogP) is 5.92. The first-order valence-corrected chi connectivity index (χ1v) is 9.69. The van der Waals surface area contributed by atoms with Gasteiger partial charge in [0, 0.05) is 20.2 Å². The van der Waals surface area contributed by atoms with Crippen molar-refractivity contribution >= 4 is 29.3 Å². The monoisotopic (exact) mass is 302 g/mol. The Bertz CT molecular complexity index is 487. The SMILES string of the molecule is CC1C(C)(C)P(=O)(Sc2ccc(Cl)cc2)C1(C)C. The third-order valence-electron chi connectivity index (χ3n) is 4.68. The third-order valence-corrected chi connectivity index (χ3v) is 13.7. The van der Waals surface area contributed by atoms with Gasteiger partial charge in [-0.2, -0.15) is 0 Å².